The first-order valence-electron chi connectivity index (χ1n) is 7.92. The van der Waals surface area contributed by atoms with Crippen LogP contribution in [0.3, 0.4) is 0 Å². The van der Waals surface area contributed by atoms with Crippen LogP contribution in [0.4, 0.5) is 8.78 Å². The van der Waals surface area contributed by atoms with Gasteiger partial charge in [0.25, 0.3) is 5.56 Å². The van der Waals surface area contributed by atoms with Gasteiger partial charge < -0.3 is 14.8 Å². The lowest BCUT2D eigenvalue weighted by Crippen LogP contribution is -2.36. The molecule has 1 aromatic carbocycles. The van der Waals surface area contributed by atoms with Crippen molar-refractivity contribution >= 4 is 16.7 Å². The summed E-state index contributed by atoms with van der Waals surface area (Å²) in [7, 11) is 1.70. The minimum Gasteiger partial charge on any atom is -0.465 e. The van der Waals surface area contributed by atoms with Crippen molar-refractivity contribution in [2.45, 2.75) is 26.1 Å². The van der Waals surface area contributed by atoms with Crippen molar-refractivity contribution in [1.29, 1.82) is 0 Å². The van der Waals surface area contributed by atoms with Gasteiger partial charge in [-0.2, -0.15) is 0 Å². The van der Waals surface area contributed by atoms with E-state index in [-0.39, 0.29) is 31.2 Å². The summed E-state index contributed by atoms with van der Waals surface area (Å²) in [5.41, 5.74) is 0.509. The topological polar surface area (TPSA) is 69.6 Å². The van der Waals surface area contributed by atoms with Crippen molar-refractivity contribution in [3.05, 3.63) is 45.4 Å². The summed E-state index contributed by atoms with van der Waals surface area (Å²) in [6, 6.07) is 1.58. The maximum atomic E-state index is 13.8. The number of nitrogens with one attached hydrogen (secondary N) is 1. The van der Waals surface area contributed by atoms with Crippen molar-refractivity contribution in [2.75, 3.05) is 20.3 Å². The Balaban J connectivity index is 2.32. The van der Waals surface area contributed by atoms with Gasteiger partial charge in [-0.15, -0.1) is 0 Å². The summed E-state index contributed by atoms with van der Waals surface area (Å²) in [4.78, 5) is 24.7. The van der Waals surface area contributed by atoms with Gasteiger partial charge >= 0.3 is 5.97 Å². The fraction of sp³-hybridized carbons (Fsp3) is 0.412. The number of halogens is 2. The average Bonchev–Trinajstić information content (AvgIpc) is 2.60. The second kappa shape index (κ2) is 6.89. The molecule has 0 bridgehead atoms. The quantitative estimate of drug-likeness (QED) is 0.847. The number of hydrogen-bond donors (Lipinski definition) is 1. The second-order valence-corrected chi connectivity index (χ2v) is 5.72. The molecule has 0 radical (unpaired) electrons. The van der Waals surface area contributed by atoms with E-state index < -0.39 is 23.2 Å². The van der Waals surface area contributed by atoms with Crippen LogP contribution in [0.25, 0.3) is 10.8 Å². The second-order valence-electron chi connectivity index (χ2n) is 5.72. The van der Waals surface area contributed by atoms with Crippen molar-refractivity contribution < 1.29 is 23.0 Å². The lowest BCUT2D eigenvalue weighted by Gasteiger charge is -2.29. The highest BCUT2D eigenvalue weighted by Crippen LogP contribution is 2.31. The SMILES string of the molecule is CCOC(=O)Cn1c2c(c3cc(F)c(F)cc3c1=O)[C@H](NC)COC2. The molecule has 1 atom stereocenters. The summed E-state index contributed by atoms with van der Waals surface area (Å²) in [6.45, 7) is 1.93. The number of nitrogens with zero attached hydrogens (tertiary/aromatic N) is 1. The van der Waals surface area contributed by atoms with E-state index in [0.717, 1.165) is 12.1 Å². The van der Waals surface area contributed by atoms with Crippen LogP contribution >= 0.6 is 0 Å². The number of fused-ring (bicyclic) bond motifs is 3. The van der Waals surface area contributed by atoms with Gasteiger partial charge in [-0.3, -0.25) is 14.2 Å². The zero-order chi connectivity index (χ0) is 18.1. The number of aromatic nitrogens is 1. The third-order valence-electron chi connectivity index (χ3n) is 4.28. The Morgan fingerprint density at radius 3 is 2.68 bits per heavy atom. The molecule has 2 heterocycles. The van der Waals surface area contributed by atoms with E-state index in [0.29, 0.717) is 23.3 Å². The molecule has 0 spiro atoms. The Morgan fingerprint density at radius 2 is 2.04 bits per heavy atom. The van der Waals surface area contributed by atoms with Crippen LogP contribution in [-0.4, -0.2) is 30.8 Å². The van der Waals surface area contributed by atoms with E-state index in [2.05, 4.69) is 5.32 Å². The monoisotopic (exact) mass is 352 g/mol. The van der Waals surface area contributed by atoms with Gasteiger partial charge in [-0.25, -0.2) is 8.78 Å². The van der Waals surface area contributed by atoms with E-state index in [1.54, 1.807) is 14.0 Å². The molecule has 0 aliphatic carbocycles. The molecule has 0 amide bonds. The molecule has 1 N–H and O–H groups in total. The standard InChI is InChI=1S/C17H18F2N2O4/c1-3-25-15(22)6-21-14-8-24-7-13(20-2)16(14)9-4-11(18)12(19)5-10(9)17(21)23/h4-5,13,20H,3,6-8H2,1-2H3/t13-/m1/s1. The zero-order valence-electron chi connectivity index (χ0n) is 13.9. The molecule has 8 heteroatoms. The van der Waals surface area contributed by atoms with Gasteiger partial charge in [0.1, 0.15) is 6.54 Å². The predicted octanol–water partition coefficient (Wildman–Crippen LogP) is 1.63. The number of hydrogen-bond acceptors (Lipinski definition) is 5. The van der Waals surface area contributed by atoms with Gasteiger partial charge in [-0.1, -0.05) is 0 Å². The van der Waals surface area contributed by atoms with E-state index in [1.165, 1.54) is 4.57 Å². The Bertz CT molecular complexity index is 895. The van der Waals surface area contributed by atoms with Crippen molar-refractivity contribution in [1.82, 2.24) is 9.88 Å². The largest absolute Gasteiger partial charge is 0.465 e. The van der Waals surface area contributed by atoms with Gasteiger partial charge in [0.2, 0.25) is 0 Å². The molecule has 25 heavy (non-hydrogen) atoms. The molecule has 0 unspecified atom stereocenters. The number of ether oxygens (including phenoxy) is 2. The summed E-state index contributed by atoms with van der Waals surface area (Å²) in [5.74, 6) is -2.72. The highest BCUT2D eigenvalue weighted by Gasteiger charge is 2.28. The van der Waals surface area contributed by atoms with Crippen LogP contribution in [0, 0.1) is 11.6 Å². The molecule has 134 valence electrons. The van der Waals surface area contributed by atoms with Crippen LogP contribution in [0.5, 0.6) is 0 Å². The minimum absolute atomic E-state index is 0.0177. The highest BCUT2D eigenvalue weighted by molar-refractivity contribution is 5.87. The Morgan fingerprint density at radius 1 is 1.36 bits per heavy atom. The molecular formula is C17H18F2N2O4. The number of carbonyl (C=O) groups is 1. The molecule has 0 saturated carbocycles. The van der Waals surface area contributed by atoms with Crippen molar-refractivity contribution in [3.8, 4) is 0 Å². The molecule has 1 aliphatic rings. The lowest BCUT2D eigenvalue weighted by atomic mass is 9.96. The summed E-state index contributed by atoms with van der Waals surface area (Å²) >= 11 is 0. The van der Waals surface area contributed by atoms with Crippen LogP contribution < -0.4 is 10.9 Å². The van der Waals surface area contributed by atoms with Crippen LogP contribution in [0.1, 0.15) is 24.2 Å². The Labute approximate surface area is 142 Å². The Kier molecular flexibility index (Phi) is 4.82. The summed E-state index contributed by atoms with van der Waals surface area (Å²) in [5, 5.41) is 3.38. The minimum atomic E-state index is -1.11. The maximum Gasteiger partial charge on any atom is 0.326 e. The third kappa shape index (κ3) is 3.03. The predicted molar refractivity (Wildman–Crippen MR) is 86.2 cm³/mol. The first-order chi connectivity index (χ1) is 12.0. The van der Waals surface area contributed by atoms with E-state index in [4.69, 9.17) is 9.47 Å². The molecule has 2 aromatic rings. The lowest BCUT2D eigenvalue weighted by molar-refractivity contribution is -0.143. The number of carbonyl (C=O) groups excluding carboxylic acids is 1. The molecule has 3 rings (SSSR count). The summed E-state index contributed by atoms with van der Waals surface area (Å²) < 4.78 is 39.1. The average molecular weight is 352 g/mol. The van der Waals surface area contributed by atoms with Gasteiger partial charge in [0.15, 0.2) is 11.6 Å². The number of benzene rings is 1. The molecule has 0 fully saturated rings. The fourth-order valence-corrected chi connectivity index (χ4v) is 3.15. The first-order valence-corrected chi connectivity index (χ1v) is 7.92. The number of esters is 1. The fourth-order valence-electron chi connectivity index (χ4n) is 3.15. The molecule has 0 saturated heterocycles. The van der Waals surface area contributed by atoms with Crippen molar-refractivity contribution in [3.63, 3.8) is 0 Å². The van der Waals surface area contributed by atoms with Crippen LogP contribution in [0.15, 0.2) is 16.9 Å². The van der Waals surface area contributed by atoms with Crippen molar-refractivity contribution in [2.24, 2.45) is 0 Å². The van der Waals surface area contributed by atoms with Crippen LogP contribution in [0.2, 0.25) is 0 Å². The van der Waals surface area contributed by atoms with E-state index in [1.807, 2.05) is 0 Å². The first kappa shape index (κ1) is 17.5. The molecule has 6 nitrogen and oxygen atoms in total. The van der Waals surface area contributed by atoms with E-state index in [9.17, 15) is 18.4 Å². The molecule has 1 aromatic heterocycles. The van der Waals surface area contributed by atoms with Gasteiger partial charge in [0, 0.05) is 5.56 Å². The number of pyridine rings is 1. The number of rotatable bonds is 4. The van der Waals surface area contributed by atoms with Gasteiger partial charge in [0.05, 0.1) is 36.9 Å². The summed E-state index contributed by atoms with van der Waals surface area (Å²) in [6.07, 6.45) is 0. The third-order valence-corrected chi connectivity index (χ3v) is 4.28. The number of likely N-dealkylation sites (N-methyl/N-ethyl adjacent to an activating group) is 1. The van der Waals surface area contributed by atoms with Gasteiger partial charge in [-0.05, 0) is 31.5 Å². The zero-order valence-corrected chi connectivity index (χ0v) is 13.9. The smallest absolute Gasteiger partial charge is 0.326 e. The van der Waals surface area contributed by atoms with E-state index >= 15 is 0 Å². The normalized spacial score (nSPS) is 16.7. The maximum absolute atomic E-state index is 13.8. The molecular weight excluding hydrogens is 334 g/mol. The Hall–Kier alpha value is -2.32. The van der Waals surface area contributed by atoms with Crippen LogP contribution in [-0.2, 0) is 27.4 Å². The molecule has 1 aliphatic heterocycles. The highest BCUT2D eigenvalue weighted by atomic mass is 19.2.